The number of hydrogen-bond donors (Lipinski definition) is 1. The fourth-order valence-corrected chi connectivity index (χ4v) is 4.34. The normalized spacial score (nSPS) is 28.0. The van der Waals surface area contributed by atoms with Crippen molar-refractivity contribution in [3.63, 3.8) is 0 Å². The van der Waals surface area contributed by atoms with E-state index in [1.807, 2.05) is 61.5 Å². The van der Waals surface area contributed by atoms with Crippen molar-refractivity contribution < 1.29 is 9.72 Å². The largest absolute Gasteiger partial charge is 0.313 e. The lowest BCUT2D eigenvalue weighted by Crippen LogP contribution is -2.62. The fourth-order valence-electron chi connectivity index (χ4n) is 4.34. The summed E-state index contributed by atoms with van der Waals surface area (Å²) in [5.74, 6) is -0.874. The summed E-state index contributed by atoms with van der Waals surface area (Å²) in [5.41, 5.74) is 2.23. The molecule has 0 bridgehead atoms. The van der Waals surface area contributed by atoms with Crippen LogP contribution in [0.25, 0.3) is 0 Å². The predicted molar refractivity (Wildman–Crippen MR) is 97.2 cm³/mol. The van der Waals surface area contributed by atoms with Gasteiger partial charge < -0.3 is 4.90 Å². The van der Waals surface area contributed by atoms with Crippen LogP contribution in [0.2, 0.25) is 0 Å². The van der Waals surface area contributed by atoms with Crippen molar-refractivity contribution in [1.82, 2.24) is 10.2 Å². The van der Waals surface area contributed by atoms with Crippen LogP contribution in [0.3, 0.4) is 0 Å². The molecule has 4 rings (SSSR count). The molecule has 6 heteroatoms. The van der Waals surface area contributed by atoms with Crippen LogP contribution in [-0.4, -0.2) is 34.9 Å². The first-order valence-electron chi connectivity index (χ1n) is 8.85. The van der Waals surface area contributed by atoms with E-state index in [1.54, 1.807) is 4.90 Å². The van der Waals surface area contributed by atoms with E-state index >= 15 is 0 Å². The number of aryl methyl sites for hydroxylation is 1. The highest BCUT2D eigenvalue weighted by Crippen LogP contribution is 2.45. The zero-order valence-electron chi connectivity index (χ0n) is 14.6. The minimum Gasteiger partial charge on any atom is -0.313 e. The monoisotopic (exact) mass is 351 g/mol. The van der Waals surface area contributed by atoms with Crippen molar-refractivity contribution in [1.29, 1.82) is 0 Å². The van der Waals surface area contributed by atoms with Crippen molar-refractivity contribution in [2.45, 2.75) is 31.0 Å². The molecule has 6 nitrogen and oxygen atoms in total. The minimum atomic E-state index is -1.24. The van der Waals surface area contributed by atoms with Crippen LogP contribution in [0.5, 0.6) is 0 Å². The van der Waals surface area contributed by atoms with Gasteiger partial charge in [0.25, 0.3) is 11.9 Å². The van der Waals surface area contributed by atoms with E-state index in [0.29, 0.717) is 19.5 Å². The third kappa shape index (κ3) is 2.49. The van der Waals surface area contributed by atoms with Gasteiger partial charge in [0, 0.05) is 24.4 Å². The summed E-state index contributed by atoms with van der Waals surface area (Å²) in [6.45, 7) is 3.09. The molecule has 3 atom stereocenters. The molecule has 2 saturated heterocycles. The molecular formula is C20H21N3O3. The van der Waals surface area contributed by atoms with Gasteiger partial charge in [0.15, 0.2) is 0 Å². The average Bonchev–Trinajstić information content (AvgIpc) is 3.08. The maximum absolute atomic E-state index is 13.1. The second kappa shape index (κ2) is 6.21. The Bertz CT molecular complexity index is 837. The third-order valence-corrected chi connectivity index (χ3v) is 5.61. The number of nitrogens with one attached hydrogen (secondary N) is 1. The number of nitrogens with zero attached hydrogens (tertiary/aromatic N) is 2. The zero-order valence-corrected chi connectivity index (χ0v) is 14.6. The second-order valence-electron chi connectivity index (χ2n) is 7.09. The highest BCUT2D eigenvalue weighted by Gasteiger charge is 2.58. The van der Waals surface area contributed by atoms with Crippen LogP contribution < -0.4 is 5.32 Å². The van der Waals surface area contributed by atoms with Gasteiger partial charge >= 0.3 is 0 Å². The molecule has 134 valence electrons. The van der Waals surface area contributed by atoms with Crippen LogP contribution in [0.4, 0.5) is 0 Å². The molecule has 2 fully saturated rings. The van der Waals surface area contributed by atoms with Crippen LogP contribution in [0.15, 0.2) is 54.6 Å². The SMILES string of the molecule is Cc1ccc([C@H]2C[C@]3(c4ccccc4)NCCN3C(=O)[C@@H]2[N+](=O)[O-])cc1. The molecule has 1 N–H and O–H groups in total. The Hall–Kier alpha value is -2.73. The molecular weight excluding hydrogens is 330 g/mol. The number of carbonyl (C=O) groups is 1. The van der Waals surface area contributed by atoms with Crippen molar-refractivity contribution in [3.8, 4) is 0 Å². The van der Waals surface area contributed by atoms with Gasteiger partial charge in [0.2, 0.25) is 0 Å². The molecule has 0 radical (unpaired) electrons. The van der Waals surface area contributed by atoms with Gasteiger partial charge in [-0.05, 0) is 18.1 Å². The van der Waals surface area contributed by atoms with Crippen LogP contribution in [0, 0.1) is 17.0 Å². The van der Waals surface area contributed by atoms with Gasteiger partial charge in [-0.3, -0.25) is 20.2 Å². The van der Waals surface area contributed by atoms with Crippen molar-refractivity contribution in [3.05, 3.63) is 81.4 Å². The molecule has 0 unspecified atom stereocenters. The van der Waals surface area contributed by atoms with E-state index in [2.05, 4.69) is 5.32 Å². The molecule has 0 aliphatic carbocycles. The summed E-state index contributed by atoms with van der Waals surface area (Å²) in [4.78, 5) is 26.2. The number of hydrogen-bond acceptors (Lipinski definition) is 4. The zero-order chi connectivity index (χ0) is 18.3. The smallest absolute Gasteiger partial charge is 0.299 e. The Morgan fingerprint density at radius 3 is 2.50 bits per heavy atom. The average molecular weight is 351 g/mol. The predicted octanol–water partition coefficient (Wildman–Crippen LogP) is 2.41. The maximum Gasteiger partial charge on any atom is 0.299 e. The van der Waals surface area contributed by atoms with E-state index < -0.39 is 28.5 Å². The summed E-state index contributed by atoms with van der Waals surface area (Å²) in [6, 6.07) is 16.2. The molecule has 0 saturated carbocycles. The Kier molecular flexibility index (Phi) is 4.00. The molecule has 1 amide bonds. The van der Waals surface area contributed by atoms with Crippen molar-refractivity contribution in [2.24, 2.45) is 0 Å². The number of benzene rings is 2. The van der Waals surface area contributed by atoms with Gasteiger partial charge in [-0.15, -0.1) is 0 Å². The van der Waals surface area contributed by atoms with Gasteiger partial charge in [-0.1, -0.05) is 60.2 Å². The Morgan fingerprint density at radius 2 is 1.85 bits per heavy atom. The van der Waals surface area contributed by atoms with E-state index in [-0.39, 0.29) is 0 Å². The standard InChI is InChI=1S/C20H21N3O3/c1-14-7-9-15(10-8-14)17-13-20(16-5-3-2-4-6-16)21-11-12-22(20)19(24)18(17)23(25)26/h2-10,17-18,21H,11-13H2,1H3/t17-,18-,20+/m1/s1. The summed E-state index contributed by atoms with van der Waals surface area (Å²) in [7, 11) is 0. The van der Waals surface area contributed by atoms with Crippen LogP contribution in [0.1, 0.15) is 29.0 Å². The minimum absolute atomic E-state index is 0.402. The lowest BCUT2D eigenvalue weighted by Gasteiger charge is -2.46. The molecule has 2 aromatic carbocycles. The van der Waals surface area contributed by atoms with Crippen LogP contribution >= 0.6 is 0 Å². The third-order valence-electron chi connectivity index (χ3n) is 5.61. The number of fused-ring (bicyclic) bond motifs is 1. The lowest BCUT2D eigenvalue weighted by atomic mass is 9.76. The molecule has 26 heavy (non-hydrogen) atoms. The molecule has 2 heterocycles. The highest BCUT2D eigenvalue weighted by molar-refractivity contribution is 5.84. The van der Waals surface area contributed by atoms with Gasteiger partial charge in [0.1, 0.15) is 5.66 Å². The van der Waals surface area contributed by atoms with Crippen molar-refractivity contribution in [2.75, 3.05) is 13.1 Å². The highest BCUT2D eigenvalue weighted by atomic mass is 16.6. The summed E-state index contributed by atoms with van der Waals surface area (Å²) in [6.07, 6.45) is 0.484. The topological polar surface area (TPSA) is 75.5 Å². The number of carbonyl (C=O) groups excluding carboxylic acids is 1. The number of nitro groups is 1. The number of amides is 1. The van der Waals surface area contributed by atoms with E-state index in [9.17, 15) is 14.9 Å². The number of piperidine rings is 1. The Morgan fingerprint density at radius 1 is 1.15 bits per heavy atom. The fraction of sp³-hybridized carbons (Fsp3) is 0.350. The van der Waals surface area contributed by atoms with Gasteiger partial charge in [-0.2, -0.15) is 0 Å². The maximum atomic E-state index is 13.1. The molecule has 2 aliphatic rings. The first-order chi connectivity index (χ1) is 12.5. The quantitative estimate of drug-likeness (QED) is 0.681. The lowest BCUT2D eigenvalue weighted by molar-refractivity contribution is -0.516. The molecule has 2 aliphatic heterocycles. The molecule has 0 spiro atoms. The van der Waals surface area contributed by atoms with E-state index in [1.165, 1.54) is 0 Å². The van der Waals surface area contributed by atoms with E-state index in [0.717, 1.165) is 16.7 Å². The first kappa shape index (κ1) is 16.7. The van der Waals surface area contributed by atoms with Gasteiger partial charge in [0.05, 0.1) is 5.92 Å². The Labute approximate surface area is 152 Å². The van der Waals surface area contributed by atoms with Crippen LogP contribution in [-0.2, 0) is 10.5 Å². The molecule has 0 aromatic heterocycles. The second-order valence-corrected chi connectivity index (χ2v) is 7.09. The summed E-state index contributed by atoms with van der Waals surface area (Å²) in [5, 5.41) is 15.3. The first-order valence-corrected chi connectivity index (χ1v) is 8.85. The number of rotatable bonds is 3. The Balaban J connectivity index is 1.83. The van der Waals surface area contributed by atoms with Crippen molar-refractivity contribution >= 4 is 5.91 Å². The van der Waals surface area contributed by atoms with Gasteiger partial charge in [-0.25, -0.2) is 0 Å². The molecule has 2 aromatic rings. The van der Waals surface area contributed by atoms with E-state index in [4.69, 9.17) is 0 Å². The summed E-state index contributed by atoms with van der Waals surface area (Å²) >= 11 is 0. The summed E-state index contributed by atoms with van der Waals surface area (Å²) < 4.78 is 0.